The van der Waals surface area contributed by atoms with Crippen LogP contribution in [0.2, 0.25) is 0 Å². The Labute approximate surface area is 167 Å². The Kier molecular flexibility index (Phi) is 5.15. The predicted octanol–water partition coefficient (Wildman–Crippen LogP) is 4.45. The molecular weight excluding hydrogens is 491 g/mol. The topological polar surface area (TPSA) is 66.5 Å². The summed E-state index contributed by atoms with van der Waals surface area (Å²) < 4.78 is 43.4. The molecule has 0 aromatic heterocycles. The van der Waals surface area contributed by atoms with Crippen molar-refractivity contribution < 1.29 is 17.6 Å². The van der Waals surface area contributed by atoms with Gasteiger partial charge in [0.1, 0.15) is 10.7 Å². The van der Waals surface area contributed by atoms with Crippen LogP contribution in [-0.4, -0.2) is 20.4 Å². The molecule has 0 saturated heterocycles. The minimum absolute atomic E-state index is 0.0660. The highest BCUT2D eigenvalue weighted by atomic mass is 79.9. The molecule has 0 bridgehead atoms. The van der Waals surface area contributed by atoms with Crippen LogP contribution in [0.1, 0.15) is 19.4 Å². The van der Waals surface area contributed by atoms with Gasteiger partial charge in [0.2, 0.25) is 5.91 Å². The van der Waals surface area contributed by atoms with Gasteiger partial charge < -0.3 is 4.90 Å². The van der Waals surface area contributed by atoms with Gasteiger partial charge in [-0.15, -0.1) is 0 Å². The molecular formula is C17H15Br2FN2O3S. The van der Waals surface area contributed by atoms with E-state index in [4.69, 9.17) is 0 Å². The van der Waals surface area contributed by atoms with Crippen LogP contribution < -0.4 is 9.62 Å². The lowest BCUT2D eigenvalue weighted by atomic mass is 10.1. The first-order valence-corrected chi connectivity index (χ1v) is 10.8. The summed E-state index contributed by atoms with van der Waals surface area (Å²) in [6.45, 7) is 3.25. The molecule has 1 heterocycles. The van der Waals surface area contributed by atoms with Crippen LogP contribution in [0.15, 0.2) is 44.2 Å². The number of rotatable bonds is 3. The first-order valence-electron chi connectivity index (χ1n) is 7.70. The summed E-state index contributed by atoms with van der Waals surface area (Å²) in [5.74, 6) is -0.948. The molecule has 0 spiro atoms. The highest BCUT2D eigenvalue weighted by Gasteiger charge is 2.35. The third-order valence-corrected chi connectivity index (χ3v) is 6.45. The number of carbonyl (C=O) groups excluding carboxylic acids is 1. The normalized spacial score (nSPS) is 16.5. The summed E-state index contributed by atoms with van der Waals surface area (Å²) in [6, 6.07) is 7.11. The summed E-state index contributed by atoms with van der Waals surface area (Å²) in [6.07, 6.45) is 0.545. The SMILES string of the molecule is CC(=O)N1c2c(cc(Br)cc2S(=O)(=O)Nc2ccc(Br)cc2F)C[C@@H]1C. The minimum atomic E-state index is -4.12. The molecule has 0 fully saturated rings. The fourth-order valence-corrected chi connectivity index (χ4v) is 5.45. The van der Waals surface area contributed by atoms with E-state index in [0.29, 0.717) is 21.1 Å². The second kappa shape index (κ2) is 6.94. The van der Waals surface area contributed by atoms with E-state index in [0.717, 1.165) is 5.56 Å². The first kappa shape index (κ1) is 19.3. The van der Waals surface area contributed by atoms with E-state index < -0.39 is 15.8 Å². The van der Waals surface area contributed by atoms with Crippen LogP contribution in [0.4, 0.5) is 15.8 Å². The second-order valence-corrected chi connectivity index (χ2v) is 9.57. The molecule has 1 N–H and O–H groups in total. The second-order valence-electron chi connectivity index (χ2n) is 6.08. The lowest BCUT2D eigenvalue weighted by molar-refractivity contribution is -0.116. The molecule has 1 aliphatic heterocycles. The zero-order chi connectivity index (χ0) is 19.2. The number of nitrogens with zero attached hydrogens (tertiary/aromatic N) is 1. The molecule has 0 unspecified atom stereocenters. The average molecular weight is 506 g/mol. The number of hydrogen-bond donors (Lipinski definition) is 1. The van der Waals surface area contributed by atoms with Gasteiger partial charge in [-0.2, -0.15) is 0 Å². The highest BCUT2D eigenvalue weighted by Crippen LogP contribution is 2.40. The fourth-order valence-electron chi connectivity index (χ4n) is 3.13. The van der Waals surface area contributed by atoms with Crippen LogP contribution >= 0.6 is 31.9 Å². The Morgan fingerprint density at radius 1 is 1.23 bits per heavy atom. The van der Waals surface area contributed by atoms with E-state index in [1.54, 1.807) is 6.07 Å². The van der Waals surface area contributed by atoms with Crippen molar-refractivity contribution in [3.8, 4) is 0 Å². The van der Waals surface area contributed by atoms with Gasteiger partial charge in [-0.25, -0.2) is 12.8 Å². The van der Waals surface area contributed by atoms with Crippen LogP contribution in [0.3, 0.4) is 0 Å². The average Bonchev–Trinajstić information content (AvgIpc) is 2.84. The molecule has 2 aromatic rings. The molecule has 3 rings (SSSR count). The fraction of sp³-hybridized carbons (Fsp3) is 0.235. The summed E-state index contributed by atoms with van der Waals surface area (Å²) in [5.41, 5.74) is 0.930. The number of nitrogens with one attached hydrogen (secondary N) is 1. The first-order chi connectivity index (χ1) is 12.1. The van der Waals surface area contributed by atoms with E-state index in [-0.39, 0.29) is 22.5 Å². The van der Waals surface area contributed by atoms with E-state index in [1.165, 1.54) is 36.1 Å². The van der Waals surface area contributed by atoms with Gasteiger partial charge >= 0.3 is 0 Å². The number of hydrogen-bond acceptors (Lipinski definition) is 3. The van der Waals surface area contributed by atoms with Gasteiger partial charge in [-0.3, -0.25) is 9.52 Å². The van der Waals surface area contributed by atoms with E-state index in [2.05, 4.69) is 36.6 Å². The maximum absolute atomic E-state index is 14.1. The Hall–Kier alpha value is -1.45. The van der Waals surface area contributed by atoms with Crippen LogP contribution in [0.5, 0.6) is 0 Å². The Morgan fingerprint density at radius 3 is 2.54 bits per heavy atom. The van der Waals surface area contributed by atoms with Gasteiger partial charge in [-0.05, 0) is 49.2 Å². The zero-order valence-electron chi connectivity index (χ0n) is 13.9. The summed E-state index contributed by atoms with van der Waals surface area (Å²) in [5, 5.41) is 0. The number of benzene rings is 2. The third-order valence-electron chi connectivity index (χ3n) is 4.12. The molecule has 0 radical (unpaired) electrons. The van der Waals surface area contributed by atoms with Crippen LogP contribution in [0, 0.1) is 5.82 Å². The maximum Gasteiger partial charge on any atom is 0.264 e. The number of sulfonamides is 1. The lowest BCUT2D eigenvalue weighted by Crippen LogP contribution is -2.34. The minimum Gasteiger partial charge on any atom is -0.308 e. The zero-order valence-corrected chi connectivity index (χ0v) is 17.9. The smallest absolute Gasteiger partial charge is 0.264 e. The molecule has 9 heteroatoms. The quantitative estimate of drug-likeness (QED) is 0.670. The van der Waals surface area contributed by atoms with Crippen molar-refractivity contribution in [3.05, 3.63) is 50.7 Å². The molecule has 26 heavy (non-hydrogen) atoms. The van der Waals surface area contributed by atoms with Crippen LogP contribution in [-0.2, 0) is 21.2 Å². The van der Waals surface area contributed by atoms with Gasteiger partial charge in [0.25, 0.3) is 10.0 Å². The van der Waals surface area contributed by atoms with Gasteiger partial charge in [0.05, 0.1) is 11.4 Å². The number of amides is 1. The Morgan fingerprint density at radius 2 is 1.92 bits per heavy atom. The van der Waals surface area contributed by atoms with Crippen molar-refractivity contribution >= 4 is 59.2 Å². The molecule has 1 amide bonds. The van der Waals surface area contributed by atoms with Crippen molar-refractivity contribution in [1.82, 2.24) is 0 Å². The molecule has 5 nitrogen and oxygen atoms in total. The predicted molar refractivity (Wildman–Crippen MR) is 105 cm³/mol. The Bertz CT molecular complexity index is 1010. The van der Waals surface area contributed by atoms with E-state index >= 15 is 0 Å². The van der Waals surface area contributed by atoms with Gasteiger partial charge in [-0.1, -0.05) is 31.9 Å². The maximum atomic E-state index is 14.1. The van der Waals surface area contributed by atoms with Crippen molar-refractivity contribution in [2.24, 2.45) is 0 Å². The summed E-state index contributed by atoms with van der Waals surface area (Å²) >= 11 is 6.45. The molecule has 0 saturated carbocycles. The molecule has 138 valence electrons. The molecule has 1 atom stereocenters. The van der Waals surface area contributed by atoms with E-state index in [1.807, 2.05) is 6.92 Å². The van der Waals surface area contributed by atoms with Crippen molar-refractivity contribution in [2.45, 2.75) is 31.2 Å². The largest absolute Gasteiger partial charge is 0.308 e. The van der Waals surface area contributed by atoms with E-state index in [9.17, 15) is 17.6 Å². The summed E-state index contributed by atoms with van der Waals surface area (Å²) in [7, 11) is -4.12. The Balaban J connectivity index is 2.13. The highest BCUT2D eigenvalue weighted by molar-refractivity contribution is 9.10. The molecule has 2 aromatic carbocycles. The van der Waals surface area contributed by atoms with Gasteiger partial charge in [0.15, 0.2) is 0 Å². The molecule has 0 aliphatic carbocycles. The summed E-state index contributed by atoms with van der Waals surface area (Å²) in [4.78, 5) is 13.5. The number of fused-ring (bicyclic) bond motifs is 1. The number of carbonyl (C=O) groups is 1. The molecule has 1 aliphatic rings. The number of anilines is 2. The lowest BCUT2D eigenvalue weighted by Gasteiger charge is -2.23. The monoisotopic (exact) mass is 504 g/mol. The van der Waals surface area contributed by atoms with Crippen molar-refractivity contribution in [3.63, 3.8) is 0 Å². The van der Waals surface area contributed by atoms with Crippen molar-refractivity contribution in [2.75, 3.05) is 9.62 Å². The third kappa shape index (κ3) is 3.52. The number of halogens is 3. The van der Waals surface area contributed by atoms with Crippen molar-refractivity contribution in [1.29, 1.82) is 0 Å². The standard InChI is InChI=1S/C17H15Br2FN2O3S/c1-9-5-11-6-13(19)8-16(17(11)22(9)10(2)23)26(24,25)21-15-4-3-12(18)7-14(15)20/h3-4,6-9,21H,5H2,1-2H3/t9-/m0/s1. The van der Waals surface area contributed by atoms with Crippen LogP contribution in [0.25, 0.3) is 0 Å². The van der Waals surface area contributed by atoms with Gasteiger partial charge in [0, 0.05) is 21.9 Å².